The Morgan fingerprint density at radius 3 is 2.46 bits per heavy atom. The number of methoxy groups -OCH3 is 1. The average Bonchev–Trinajstić information content (AvgIpc) is 3.78. The number of anilines is 3. The molecule has 210 valence electrons. The Kier molecular flexibility index (Phi) is 8.86. The van der Waals surface area contributed by atoms with Crippen LogP contribution in [-0.4, -0.2) is 71.0 Å². The first-order valence-electron chi connectivity index (χ1n) is 14.0. The highest BCUT2D eigenvalue weighted by Crippen LogP contribution is 2.31. The maximum absolute atomic E-state index is 13.0. The van der Waals surface area contributed by atoms with Gasteiger partial charge in [0.05, 0.1) is 17.3 Å². The molecule has 0 bridgehead atoms. The minimum Gasteiger partial charge on any atom is -0.495 e. The monoisotopic (exact) mass is 599 g/mol. The summed E-state index contributed by atoms with van der Waals surface area (Å²) in [5.41, 5.74) is 1.22. The second-order valence-corrected chi connectivity index (χ2v) is 11.6. The number of nitrogens with zero attached hydrogens (tertiary/aromatic N) is 3. The number of benzene rings is 1. The van der Waals surface area contributed by atoms with Gasteiger partial charge < -0.3 is 30.9 Å². The number of aromatic nitrogens is 2. The Morgan fingerprint density at radius 2 is 1.77 bits per heavy atom. The molecule has 2 aromatic rings. The van der Waals surface area contributed by atoms with Crippen LogP contribution in [-0.2, 0) is 4.79 Å². The van der Waals surface area contributed by atoms with Gasteiger partial charge in [-0.3, -0.25) is 9.59 Å². The first-order chi connectivity index (χ1) is 18.9. The average molecular weight is 601 g/mol. The summed E-state index contributed by atoms with van der Waals surface area (Å²) in [5, 5.41) is 13.0. The second kappa shape index (κ2) is 12.5. The van der Waals surface area contributed by atoms with E-state index in [9.17, 15) is 9.59 Å². The zero-order chi connectivity index (χ0) is 27.4. The lowest BCUT2D eigenvalue weighted by atomic mass is 9.90. The van der Waals surface area contributed by atoms with E-state index >= 15 is 0 Å². The Labute approximate surface area is 238 Å². The summed E-state index contributed by atoms with van der Waals surface area (Å²) >= 11 is 3.55. The molecule has 1 aromatic heterocycles. The summed E-state index contributed by atoms with van der Waals surface area (Å²) in [6.45, 7) is 3.66. The number of halogens is 1. The van der Waals surface area contributed by atoms with Gasteiger partial charge in [-0.2, -0.15) is 4.98 Å². The van der Waals surface area contributed by atoms with Gasteiger partial charge in [-0.25, -0.2) is 4.98 Å². The predicted molar refractivity (Wildman–Crippen MR) is 155 cm³/mol. The van der Waals surface area contributed by atoms with Crippen molar-refractivity contribution < 1.29 is 14.3 Å². The van der Waals surface area contributed by atoms with Gasteiger partial charge in [0.25, 0.3) is 5.91 Å². The number of nitrogens with one attached hydrogen (secondary N) is 4. The number of rotatable bonds is 9. The Bertz CT molecular complexity index is 1180. The summed E-state index contributed by atoms with van der Waals surface area (Å²) in [6, 6.07) is 6.46. The second-order valence-electron chi connectivity index (χ2n) is 10.8. The standard InChI is InChI=1S/C28H38BrN7O3/c1-17(37)31-22-5-3-4-6-23(22)33-26-21(29)16-30-28(35-26)34-24-10-7-18(15-25(24)39-2)27(38)32-19-11-13-36(14-12-19)20-8-9-20/h7,10,15-16,19-20,22-23H,3-6,8-9,11-14H2,1-2H3,(H,31,37)(H,32,38)(H2,30,33,34,35)/t22-,23-/m1/s1. The Balaban J connectivity index is 1.23. The molecule has 2 heterocycles. The molecule has 1 aliphatic heterocycles. The van der Waals surface area contributed by atoms with E-state index in [-0.39, 0.29) is 29.9 Å². The SMILES string of the molecule is COc1cc(C(=O)NC2CCN(C3CC3)CC2)ccc1Nc1ncc(Br)c(N[C@@H]2CCCC[C@H]2NC(C)=O)n1. The van der Waals surface area contributed by atoms with Crippen molar-refractivity contribution in [2.75, 3.05) is 30.8 Å². The highest BCUT2D eigenvalue weighted by atomic mass is 79.9. The van der Waals surface area contributed by atoms with Crippen molar-refractivity contribution >= 4 is 45.2 Å². The highest BCUT2D eigenvalue weighted by molar-refractivity contribution is 9.10. The number of ether oxygens (including phenoxy) is 1. The fraction of sp³-hybridized carbons (Fsp3) is 0.571. The number of hydrogen-bond acceptors (Lipinski definition) is 8. The molecule has 2 saturated carbocycles. The molecule has 2 amide bonds. The normalized spacial score (nSPS) is 22.1. The van der Waals surface area contributed by atoms with Crippen molar-refractivity contribution in [2.24, 2.45) is 0 Å². The van der Waals surface area contributed by atoms with Crippen LogP contribution in [0.15, 0.2) is 28.9 Å². The van der Waals surface area contributed by atoms with Crippen molar-refractivity contribution in [3.63, 3.8) is 0 Å². The maximum atomic E-state index is 13.0. The van der Waals surface area contributed by atoms with Crippen molar-refractivity contribution in [2.45, 2.75) is 82.5 Å². The topological polar surface area (TPSA) is 121 Å². The molecular weight excluding hydrogens is 562 g/mol. The van der Waals surface area contributed by atoms with Gasteiger partial charge in [-0.05, 0) is 72.7 Å². The van der Waals surface area contributed by atoms with E-state index in [1.165, 1.54) is 12.8 Å². The van der Waals surface area contributed by atoms with Crippen LogP contribution in [0.25, 0.3) is 0 Å². The zero-order valence-corrected chi connectivity index (χ0v) is 24.2. The Morgan fingerprint density at radius 1 is 1.03 bits per heavy atom. The van der Waals surface area contributed by atoms with Gasteiger partial charge in [0.1, 0.15) is 11.6 Å². The van der Waals surface area contributed by atoms with E-state index in [1.807, 2.05) is 6.07 Å². The lowest BCUT2D eigenvalue weighted by molar-refractivity contribution is -0.119. The number of hydrogen-bond donors (Lipinski definition) is 4. The van der Waals surface area contributed by atoms with Gasteiger partial charge >= 0.3 is 0 Å². The van der Waals surface area contributed by atoms with Gasteiger partial charge in [-0.1, -0.05) is 12.8 Å². The molecule has 39 heavy (non-hydrogen) atoms. The number of piperidine rings is 1. The number of carbonyl (C=O) groups excluding carboxylic acids is 2. The quantitative estimate of drug-likeness (QED) is 0.338. The summed E-state index contributed by atoms with van der Waals surface area (Å²) in [5.74, 6) is 1.46. The van der Waals surface area contributed by atoms with Gasteiger partial charge in [0.2, 0.25) is 11.9 Å². The summed E-state index contributed by atoms with van der Waals surface area (Å²) in [6.07, 6.45) is 10.4. The van der Waals surface area contributed by atoms with E-state index < -0.39 is 0 Å². The largest absolute Gasteiger partial charge is 0.495 e. The molecule has 0 unspecified atom stereocenters. The van der Waals surface area contributed by atoms with Crippen molar-refractivity contribution in [1.82, 2.24) is 25.5 Å². The molecule has 2 atom stereocenters. The fourth-order valence-corrected chi connectivity index (χ4v) is 5.92. The molecule has 1 aromatic carbocycles. The van der Waals surface area contributed by atoms with Crippen molar-refractivity contribution in [3.8, 4) is 5.75 Å². The van der Waals surface area contributed by atoms with Crippen LogP contribution in [0, 0.1) is 0 Å². The fourth-order valence-electron chi connectivity index (χ4n) is 5.62. The van der Waals surface area contributed by atoms with Gasteiger partial charge in [0, 0.05) is 55.9 Å². The number of likely N-dealkylation sites (tertiary alicyclic amines) is 1. The minimum atomic E-state index is -0.0858. The zero-order valence-electron chi connectivity index (χ0n) is 22.6. The van der Waals surface area contributed by atoms with Gasteiger partial charge in [0.15, 0.2) is 0 Å². The maximum Gasteiger partial charge on any atom is 0.251 e. The molecule has 3 fully saturated rings. The molecule has 10 nitrogen and oxygen atoms in total. The summed E-state index contributed by atoms with van der Waals surface area (Å²) < 4.78 is 6.34. The lowest BCUT2D eigenvalue weighted by Crippen LogP contribution is -2.48. The third-order valence-corrected chi connectivity index (χ3v) is 8.44. The van der Waals surface area contributed by atoms with Crippen LogP contribution in [0.4, 0.5) is 17.5 Å². The third kappa shape index (κ3) is 7.19. The summed E-state index contributed by atoms with van der Waals surface area (Å²) in [4.78, 5) is 36.3. The van der Waals surface area contributed by atoms with Crippen LogP contribution in [0.1, 0.15) is 68.6 Å². The summed E-state index contributed by atoms with van der Waals surface area (Å²) in [7, 11) is 1.58. The molecule has 4 N–H and O–H groups in total. The number of carbonyl (C=O) groups is 2. The molecule has 1 saturated heterocycles. The molecule has 11 heteroatoms. The van der Waals surface area contributed by atoms with E-state index in [2.05, 4.69) is 52.1 Å². The van der Waals surface area contributed by atoms with Crippen LogP contribution in [0.3, 0.4) is 0 Å². The smallest absolute Gasteiger partial charge is 0.251 e. The first-order valence-corrected chi connectivity index (χ1v) is 14.7. The highest BCUT2D eigenvalue weighted by Gasteiger charge is 2.32. The van der Waals surface area contributed by atoms with E-state index in [1.54, 1.807) is 32.4 Å². The third-order valence-electron chi connectivity index (χ3n) is 7.86. The Hall–Kier alpha value is -2.92. The van der Waals surface area contributed by atoms with Gasteiger partial charge in [-0.15, -0.1) is 0 Å². The first kappa shape index (κ1) is 27.6. The molecule has 3 aliphatic rings. The van der Waals surface area contributed by atoms with E-state index in [4.69, 9.17) is 4.74 Å². The number of amides is 2. The lowest BCUT2D eigenvalue weighted by Gasteiger charge is -2.33. The van der Waals surface area contributed by atoms with Crippen LogP contribution >= 0.6 is 15.9 Å². The minimum absolute atomic E-state index is 0.0269. The van der Waals surface area contributed by atoms with Crippen LogP contribution in [0.5, 0.6) is 5.75 Å². The predicted octanol–water partition coefficient (Wildman–Crippen LogP) is 4.21. The molecule has 0 spiro atoms. The molecule has 2 aliphatic carbocycles. The van der Waals surface area contributed by atoms with Crippen LogP contribution < -0.4 is 26.0 Å². The molecular formula is C28H38BrN7O3. The van der Waals surface area contributed by atoms with E-state index in [0.717, 1.165) is 62.1 Å². The van der Waals surface area contributed by atoms with Crippen LogP contribution in [0.2, 0.25) is 0 Å². The van der Waals surface area contributed by atoms with Crippen molar-refractivity contribution in [3.05, 3.63) is 34.4 Å². The molecule has 5 rings (SSSR count). The van der Waals surface area contributed by atoms with Crippen molar-refractivity contribution in [1.29, 1.82) is 0 Å². The van der Waals surface area contributed by atoms with E-state index in [0.29, 0.717) is 28.8 Å². The molecule has 0 radical (unpaired) electrons.